The molecule has 0 radical (unpaired) electrons. The molecule has 0 unspecified atom stereocenters. The summed E-state index contributed by atoms with van der Waals surface area (Å²) in [7, 11) is 0. The van der Waals surface area contributed by atoms with Crippen molar-refractivity contribution < 1.29 is 32.6 Å². The molecule has 0 saturated heterocycles. The lowest BCUT2D eigenvalue weighted by atomic mass is 9.70. The molecule has 2 heterocycles. The minimum Gasteiger partial charge on any atom is -0.449 e. The molecule has 0 aliphatic heterocycles. The topological polar surface area (TPSA) is 88.5 Å². The zero-order chi connectivity index (χ0) is 24.2. The van der Waals surface area contributed by atoms with Gasteiger partial charge < -0.3 is 15.2 Å². The van der Waals surface area contributed by atoms with Crippen LogP contribution in [0.1, 0.15) is 48.2 Å². The van der Waals surface area contributed by atoms with E-state index in [0.717, 1.165) is 36.9 Å². The van der Waals surface area contributed by atoms with Gasteiger partial charge in [0, 0.05) is 27.4 Å². The van der Waals surface area contributed by atoms with Gasteiger partial charge in [-0.2, -0.15) is 13.2 Å². The monoisotopic (exact) mass is 512 g/mol. The molecule has 11 heteroatoms. The molecule has 2 bridgehead atoms. The average Bonchev–Trinajstić information content (AvgIpc) is 3.35. The summed E-state index contributed by atoms with van der Waals surface area (Å²) in [5.74, 6) is -1.81. The maximum absolute atomic E-state index is 13.4. The number of aryl methyl sites for hydroxylation is 1. The molecular formula is C23H23F3N2O4S2. The number of aromatic nitrogens is 1. The molecule has 182 valence electrons. The molecule has 34 heavy (non-hydrogen) atoms. The number of ether oxygens (including phenoxy) is 1. The summed E-state index contributed by atoms with van der Waals surface area (Å²) >= 11 is 2.56. The van der Waals surface area contributed by atoms with E-state index >= 15 is 0 Å². The summed E-state index contributed by atoms with van der Waals surface area (Å²) in [4.78, 5) is 29.9. The SMILES string of the molecule is Cc1csc(-c2c(NC(=O)C3=C(OC(=O)O)C4CCC3CC4)sc3c2CC[C@H](C(F)(F)F)C3)n1. The molecule has 2 aromatic heterocycles. The van der Waals surface area contributed by atoms with Crippen LogP contribution in [0.4, 0.5) is 23.0 Å². The third-order valence-corrected chi connectivity index (χ3v) is 9.15. The van der Waals surface area contributed by atoms with Crippen molar-refractivity contribution in [2.75, 3.05) is 5.32 Å². The number of carbonyl (C=O) groups is 2. The van der Waals surface area contributed by atoms with Crippen molar-refractivity contribution >= 4 is 39.7 Å². The van der Waals surface area contributed by atoms with Gasteiger partial charge in [0.1, 0.15) is 15.8 Å². The molecule has 0 spiro atoms. The Labute approximate surface area is 201 Å². The van der Waals surface area contributed by atoms with Crippen molar-refractivity contribution in [2.45, 2.75) is 58.0 Å². The van der Waals surface area contributed by atoms with E-state index < -0.39 is 24.2 Å². The molecule has 2 N–H and O–H groups in total. The molecule has 1 atom stereocenters. The average molecular weight is 513 g/mol. The first-order valence-electron chi connectivity index (χ1n) is 11.2. The predicted molar refractivity (Wildman–Crippen MR) is 122 cm³/mol. The van der Waals surface area contributed by atoms with Crippen LogP contribution in [0.15, 0.2) is 16.7 Å². The number of thiazole rings is 1. The number of nitrogens with zero attached hydrogens (tertiary/aromatic N) is 1. The number of carbonyl (C=O) groups excluding carboxylic acids is 1. The van der Waals surface area contributed by atoms with Gasteiger partial charge in [0.15, 0.2) is 0 Å². The van der Waals surface area contributed by atoms with Gasteiger partial charge in [0.25, 0.3) is 5.91 Å². The van der Waals surface area contributed by atoms with Crippen molar-refractivity contribution in [3.63, 3.8) is 0 Å². The summed E-state index contributed by atoms with van der Waals surface area (Å²) in [5, 5.41) is 15.1. The lowest BCUT2D eigenvalue weighted by molar-refractivity contribution is -0.176. The Hall–Kier alpha value is -2.40. The molecule has 6 rings (SSSR count). The van der Waals surface area contributed by atoms with E-state index in [4.69, 9.17) is 4.74 Å². The van der Waals surface area contributed by atoms with E-state index in [1.807, 2.05) is 12.3 Å². The highest BCUT2D eigenvalue weighted by Crippen LogP contribution is 2.50. The van der Waals surface area contributed by atoms with Crippen LogP contribution in [-0.2, 0) is 22.4 Å². The van der Waals surface area contributed by atoms with Gasteiger partial charge in [-0.25, -0.2) is 9.78 Å². The van der Waals surface area contributed by atoms with E-state index in [-0.39, 0.29) is 36.9 Å². The number of carboxylic acid groups (broad SMARTS) is 1. The highest BCUT2D eigenvalue weighted by molar-refractivity contribution is 7.18. The molecule has 6 nitrogen and oxygen atoms in total. The van der Waals surface area contributed by atoms with E-state index in [0.29, 0.717) is 26.0 Å². The lowest BCUT2D eigenvalue weighted by Crippen LogP contribution is -2.34. The van der Waals surface area contributed by atoms with Gasteiger partial charge in [0.05, 0.1) is 11.5 Å². The molecule has 1 fully saturated rings. The maximum atomic E-state index is 13.4. The number of alkyl halides is 3. The third-order valence-electron chi connectivity index (χ3n) is 7.00. The van der Waals surface area contributed by atoms with Crippen LogP contribution in [0, 0.1) is 24.7 Å². The maximum Gasteiger partial charge on any atom is 0.511 e. The Morgan fingerprint density at radius 2 is 1.88 bits per heavy atom. The van der Waals surface area contributed by atoms with Crippen molar-refractivity contribution in [2.24, 2.45) is 17.8 Å². The van der Waals surface area contributed by atoms with Gasteiger partial charge >= 0.3 is 12.3 Å². The molecule has 0 aromatic carbocycles. The Morgan fingerprint density at radius 3 is 2.50 bits per heavy atom. The van der Waals surface area contributed by atoms with Crippen LogP contribution in [0.3, 0.4) is 0 Å². The number of fused-ring (bicyclic) bond motifs is 3. The molecule has 2 aromatic rings. The summed E-state index contributed by atoms with van der Waals surface area (Å²) in [5.41, 5.74) is 2.65. The largest absolute Gasteiger partial charge is 0.511 e. The molecular weight excluding hydrogens is 489 g/mol. The second-order valence-corrected chi connectivity index (χ2v) is 11.1. The standard InChI is InChI=1S/C23H23F3N2O4S2/c1-10-9-33-20(27-10)17-14-7-6-13(23(24,25)26)8-15(14)34-21(17)28-19(29)16-11-2-4-12(5-3-11)18(16)32-22(30)31/h9,11-13H,2-8H2,1H3,(H,28,29)(H,30,31)/t11?,12?,13-/m0/s1. The molecule has 1 amide bonds. The zero-order valence-corrected chi connectivity index (χ0v) is 20.0. The number of rotatable bonds is 4. The summed E-state index contributed by atoms with van der Waals surface area (Å²) in [6, 6.07) is 0. The number of thiophene rings is 1. The van der Waals surface area contributed by atoms with Crippen LogP contribution < -0.4 is 5.32 Å². The van der Waals surface area contributed by atoms with Gasteiger partial charge in [0.2, 0.25) is 0 Å². The highest BCUT2D eigenvalue weighted by Gasteiger charge is 2.44. The summed E-state index contributed by atoms with van der Waals surface area (Å²) in [6.45, 7) is 1.84. The quantitative estimate of drug-likeness (QED) is 0.453. The van der Waals surface area contributed by atoms with Gasteiger partial charge in [-0.1, -0.05) is 0 Å². The van der Waals surface area contributed by atoms with Gasteiger partial charge in [-0.05, 0) is 63.4 Å². The Morgan fingerprint density at radius 1 is 1.18 bits per heavy atom. The van der Waals surface area contributed by atoms with Crippen LogP contribution in [0.25, 0.3) is 10.6 Å². The third kappa shape index (κ3) is 4.24. The molecule has 4 aliphatic rings. The molecule has 4 aliphatic carbocycles. The van der Waals surface area contributed by atoms with Crippen LogP contribution in [0.2, 0.25) is 0 Å². The number of hydrogen-bond donors (Lipinski definition) is 2. The minimum atomic E-state index is -4.27. The smallest absolute Gasteiger partial charge is 0.449 e. The van der Waals surface area contributed by atoms with E-state index in [1.54, 1.807) is 0 Å². The highest BCUT2D eigenvalue weighted by atomic mass is 32.1. The fraction of sp³-hybridized carbons (Fsp3) is 0.522. The van der Waals surface area contributed by atoms with Crippen molar-refractivity contribution in [3.8, 4) is 10.6 Å². The van der Waals surface area contributed by atoms with Gasteiger partial charge in [-0.3, -0.25) is 4.79 Å². The van der Waals surface area contributed by atoms with Crippen LogP contribution >= 0.6 is 22.7 Å². The lowest BCUT2D eigenvalue weighted by Gasteiger charge is -2.37. The van der Waals surface area contributed by atoms with Crippen molar-refractivity contribution in [1.82, 2.24) is 4.98 Å². The number of amides is 1. The first-order valence-corrected chi connectivity index (χ1v) is 12.9. The summed E-state index contributed by atoms with van der Waals surface area (Å²) < 4.78 is 45.3. The fourth-order valence-corrected chi connectivity index (χ4v) is 7.68. The van der Waals surface area contributed by atoms with E-state index in [1.165, 1.54) is 22.7 Å². The fourth-order valence-electron chi connectivity index (χ4n) is 5.41. The van der Waals surface area contributed by atoms with Gasteiger partial charge in [-0.15, -0.1) is 22.7 Å². The Kier molecular flexibility index (Phi) is 5.96. The second kappa shape index (κ2) is 8.67. The normalized spacial score (nSPS) is 24.2. The molecule has 1 saturated carbocycles. The Balaban J connectivity index is 1.53. The number of allylic oxidation sites excluding steroid dienone is 1. The number of hydrogen-bond acceptors (Lipinski definition) is 6. The first-order chi connectivity index (χ1) is 16.1. The van der Waals surface area contributed by atoms with E-state index in [9.17, 15) is 27.9 Å². The zero-order valence-electron chi connectivity index (χ0n) is 18.3. The van der Waals surface area contributed by atoms with Crippen LogP contribution in [-0.4, -0.2) is 28.3 Å². The number of anilines is 1. The second-order valence-electron chi connectivity index (χ2n) is 9.13. The van der Waals surface area contributed by atoms with Crippen molar-refractivity contribution in [3.05, 3.63) is 32.8 Å². The Bertz CT molecular complexity index is 1180. The minimum absolute atomic E-state index is 0.00346. The first kappa shape index (κ1) is 23.3. The van der Waals surface area contributed by atoms with E-state index in [2.05, 4.69) is 10.3 Å². The number of halogens is 3. The summed E-state index contributed by atoms with van der Waals surface area (Å²) in [6.07, 6.45) is -2.43. The predicted octanol–water partition coefficient (Wildman–Crippen LogP) is 6.55. The van der Waals surface area contributed by atoms with Crippen LogP contribution in [0.5, 0.6) is 0 Å². The van der Waals surface area contributed by atoms with Crippen molar-refractivity contribution in [1.29, 1.82) is 0 Å². The number of nitrogens with one attached hydrogen (secondary N) is 1.